The molecular formula is C20H30O4. The molecule has 134 valence electrons. The van der Waals surface area contributed by atoms with Crippen molar-refractivity contribution >= 4 is 11.8 Å². The van der Waals surface area contributed by atoms with Crippen LogP contribution < -0.4 is 0 Å². The zero-order chi connectivity index (χ0) is 17.3. The summed E-state index contributed by atoms with van der Waals surface area (Å²) < 4.78 is 5.18. The lowest BCUT2D eigenvalue weighted by Gasteiger charge is -2.67. The van der Waals surface area contributed by atoms with E-state index in [1.54, 1.807) is 0 Å². The van der Waals surface area contributed by atoms with Gasteiger partial charge in [-0.25, -0.2) is 0 Å². The number of carbonyl (C=O) groups is 2. The highest BCUT2D eigenvalue weighted by Gasteiger charge is 2.67. The van der Waals surface area contributed by atoms with E-state index in [2.05, 4.69) is 13.8 Å². The fraction of sp³-hybridized carbons (Fsp3) is 0.900. The second kappa shape index (κ2) is 5.06. The summed E-state index contributed by atoms with van der Waals surface area (Å²) in [7, 11) is 1.50. The summed E-state index contributed by atoms with van der Waals surface area (Å²) in [5, 5.41) is 10.4. The van der Waals surface area contributed by atoms with Crippen LogP contribution in [0.2, 0.25) is 0 Å². The lowest BCUT2D eigenvalue weighted by molar-refractivity contribution is -0.211. The van der Waals surface area contributed by atoms with Crippen LogP contribution in [0.5, 0.6) is 0 Å². The molecule has 5 aliphatic rings. The average molecular weight is 334 g/mol. The van der Waals surface area contributed by atoms with Crippen LogP contribution in [0.15, 0.2) is 0 Å². The van der Waals surface area contributed by atoms with E-state index in [0.29, 0.717) is 18.3 Å². The summed E-state index contributed by atoms with van der Waals surface area (Å²) in [5.74, 6) is 0.830. The molecule has 1 N–H and O–H groups in total. The first-order chi connectivity index (χ1) is 11.3. The number of methoxy groups -OCH3 is 1. The minimum absolute atomic E-state index is 0.0229. The molecule has 0 aromatic heterocycles. The van der Waals surface area contributed by atoms with E-state index in [1.807, 2.05) is 0 Å². The van der Waals surface area contributed by atoms with Gasteiger partial charge in [-0.05, 0) is 68.1 Å². The van der Waals surface area contributed by atoms with Gasteiger partial charge in [0.25, 0.3) is 0 Å². The van der Waals surface area contributed by atoms with Gasteiger partial charge in [0.15, 0.2) is 0 Å². The van der Waals surface area contributed by atoms with Gasteiger partial charge < -0.3 is 9.84 Å². The number of rotatable bonds is 1. The average Bonchev–Trinajstić information content (AvgIpc) is 2.52. The molecule has 7 atom stereocenters. The number of fused-ring (bicyclic) bond motifs is 3. The molecule has 0 unspecified atom stereocenters. The van der Waals surface area contributed by atoms with Crippen LogP contribution >= 0.6 is 0 Å². The van der Waals surface area contributed by atoms with Gasteiger partial charge in [-0.3, -0.25) is 9.59 Å². The van der Waals surface area contributed by atoms with Gasteiger partial charge in [-0.15, -0.1) is 0 Å². The van der Waals surface area contributed by atoms with Gasteiger partial charge in [-0.2, -0.15) is 0 Å². The monoisotopic (exact) mass is 334 g/mol. The zero-order valence-electron chi connectivity index (χ0n) is 15.1. The number of hydrogen-bond acceptors (Lipinski definition) is 4. The molecule has 5 saturated carbocycles. The molecule has 5 rings (SSSR count). The summed E-state index contributed by atoms with van der Waals surface area (Å²) in [4.78, 5) is 25.0. The molecule has 24 heavy (non-hydrogen) atoms. The Kier molecular flexibility index (Phi) is 3.49. The number of aliphatic hydroxyl groups is 1. The highest BCUT2D eigenvalue weighted by Crippen LogP contribution is 2.70. The topological polar surface area (TPSA) is 63.6 Å². The van der Waals surface area contributed by atoms with Crippen LogP contribution in [0.1, 0.15) is 65.2 Å². The Bertz CT molecular complexity index is 586. The molecule has 0 radical (unpaired) electrons. The smallest absolute Gasteiger partial charge is 0.311 e. The first-order valence-electron chi connectivity index (χ1n) is 9.56. The Hall–Kier alpha value is -0.900. The van der Waals surface area contributed by atoms with E-state index in [-0.39, 0.29) is 28.5 Å². The highest BCUT2D eigenvalue weighted by atomic mass is 16.5. The third kappa shape index (κ3) is 1.89. The third-order valence-electron chi connectivity index (χ3n) is 8.60. The number of Topliss-reactive ketones (excluding diaryl/α,β-unsaturated/α-hetero) is 1. The van der Waals surface area contributed by atoms with Crippen LogP contribution in [-0.4, -0.2) is 30.1 Å². The van der Waals surface area contributed by atoms with Crippen molar-refractivity contribution in [2.75, 3.05) is 7.11 Å². The van der Waals surface area contributed by atoms with Gasteiger partial charge in [0.05, 0.1) is 18.6 Å². The maximum absolute atomic E-state index is 12.6. The van der Waals surface area contributed by atoms with Crippen molar-refractivity contribution in [2.24, 2.45) is 34.0 Å². The van der Waals surface area contributed by atoms with E-state index in [0.717, 1.165) is 44.9 Å². The minimum atomic E-state index is -0.446. The Morgan fingerprint density at radius 3 is 2.62 bits per heavy atom. The van der Waals surface area contributed by atoms with Gasteiger partial charge in [0.2, 0.25) is 0 Å². The largest absolute Gasteiger partial charge is 0.469 e. The van der Waals surface area contributed by atoms with E-state index >= 15 is 0 Å². The molecule has 5 aliphatic carbocycles. The second-order valence-electron chi connectivity index (χ2n) is 9.53. The number of esters is 1. The van der Waals surface area contributed by atoms with Crippen LogP contribution in [0.4, 0.5) is 0 Å². The van der Waals surface area contributed by atoms with E-state index in [4.69, 9.17) is 4.74 Å². The van der Waals surface area contributed by atoms with Crippen molar-refractivity contribution in [3.63, 3.8) is 0 Å². The molecule has 0 aromatic carbocycles. The summed E-state index contributed by atoms with van der Waals surface area (Å²) in [6.07, 6.45) is 6.85. The first kappa shape index (κ1) is 16.6. The maximum Gasteiger partial charge on any atom is 0.311 e. The quantitative estimate of drug-likeness (QED) is 0.748. The summed E-state index contributed by atoms with van der Waals surface area (Å²) >= 11 is 0. The molecule has 0 heterocycles. The third-order valence-corrected chi connectivity index (χ3v) is 8.60. The Morgan fingerprint density at radius 1 is 1.21 bits per heavy atom. The fourth-order valence-corrected chi connectivity index (χ4v) is 7.60. The number of hydrogen-bond donors (Lipinski definition) is 1. The SMILES string of the molecule is COC(=O)[C@]1(C)CCC[C@@]2(C)[C@H]1CC[C@@]13CC(=O)[C@@H](C[C@@H]12)[C@@H](O)C3. The van der Waals surface area contributed by atoms with Crippen molar-refractivity contribution in [1.29, 1.82) is 0 Å². The minimum Gasteiger partial charge on any atom is -0.469 e. The van der Waals surface area contributed by atoms with Gasteiger partial charge in [0.1, 0.15) is 5.78 Å². The van der Waals surface area contributed by atoms with Gasteiger partial charge in [0, 0.05) is 12.3 Å². The van der Waals surface area contributed by atoms with Gasteiger partial charge in [-0.1, -0.05) is 13.3 Å². The predicted molar refractivity (Wildman–Crippen MR) is 89.1 cm³/mol. The molecule has 4 nitrogen and oxygen atoms in total. The summed E-state index contributed by atoms with van der Waals surface area (Å²) in [6, 6.07) is 0. The highest BCUT2D eigenvalue weighted by molar-refractivity contribution is 5.84. The van der Waals surface area contributed by atoms with E-state index < -0.39 is 11.5 Å². The first-order valence-corrected chi connectivity index (χ1v) is 9.56. The summed E-state index contributed by atoms with van der Waals surface area (Å²) in [6.45, 7) is 4.46. The van der Waals surface area contributed by atoms with Crippen LogP contribution in [0, 0.1) is 34.0 Å². The molecule has 0 aromatic rings. The molecule has 0 saturated heterocycles. The predicted octanol–water partition coefficient (Wildman–Crippen LogP) is 3.11. The molecule has 5 fully saturated rings. The molecular weight excluding hydrogens is 304 g/mol. The number of ether oxygens (including phenoxy) is 1. The van der Waals surface area contributed by atoms with Crippen molar-refractivity contribution in [2.45, 2.75) is 71.3 Å². The molecule has 2 bridgehead atoms. The fourth-order valence-electron chi connectivity index (χ4n) is 7.60. The van der Waals surface area contributed by atoms with E-state index in [1.165, 1.54) is 7.11 Å². The van der Waals surface area contributed by atoms with Crippen LogP contribution in [-0.2, 0) is 14.3 Å². The maximum atomic E-state index is 12.6. The number of aliphatic hydroxyl groups excluding tert-OH is 1. The van der Waals surface area contributed by atoms with E-state index in [9.17, 15) is 14.7 Å². The molecule has 0 aliphatic heterocycles. The van der Waals surface area contributed by atoms with Crippen molar-refractivity contribution in [3.05, 3.63) is 0 Å². The number of ketones is 1. The Balaban J connectivity index is 1.74. The van der Waals surface area contributed by atoms with Crippen molar-refractivity contribution < 1.29 is 19.4 Å². The summed E-state index contributed by atoms with van der Waals surface area (Å²) in [5.41, 5.74) is -0.341. The zero-order valence-corrected chi connectivity index (χ0v) is 15.1. The van der Waals surface area contributed by atoms with Gasteiger partial charge >= 0.3 is 5.97 Å². The van der Waals surface area contributed by atoms with Crippen LogP contribution in [0.25, 0.3) is 0 Å². The lowest BCUT2D eigenvalue weighted by atomic mass is 9.37. The van der Waals surface area contributed by atoms with Crippen LogP contribution in [0.3, 0.4) is 0 Å². The molecule has 0 amide bonds. The molecule has 1 spiro atoms. The Morgan fingerprint density at radius 2 is 1.96 bits per heavy atom. The second-order valence-corrected chi connectivity index (χ2v) is 9.53. The number of carbonyl (C=O) groups excluding carboxylic acids is 2. The molecule has 4 heteroatoms. The normalized spacial score (nSPS) is 53.2. The Labute approximate surface area is 144 Å². The lowest BCUT2D eigenvalue weighted by Crippen LogP contribution is -2.64. The van der Waals surface area contributed by atoms with Crippen molar-refractivity contribution in [1.82, 2.24) is 0 Å². The standard InChI is InChI=1S/C20H30O4/c1-18-6-4-7-19(2,17(23)24-3)15(18)5-8-20-10-13(21)12(9-16(18)20)14(22)11-20/h12-13,15-16,21H,4-11H2,1-3H3/t12-,13-,15+,16+,18-,19+,20+/m0/s1. The van der Waals surface area contributed by atoms with Crippen molar-refractivity contribution in [3.8, 4) is 0 Å².